The number of hydrogen-bond acceptors (Lipinski definition) is 4. The van der Waals surface area contributed by atoms with Crippen LogP contribution in [0.4, 0.5) is 0 Å². The predicted molar refractivity (Wildman–Crippen MR) is 96.9 cm³/mol. The summed E-state index contributed by atoms with van der Waals surface area (Å²) >= 11 is 0. The summed E-state index contributed by atoms with van der Waals surface area (Å²) < 4.78 is 5.37. The Balaban J connectivity index is 1.72. The topological polar surface area (TPSA) is 70.7 Å². The first kappa shape index (κ1) is 19.4. The molecule has 1 atom stereocenters. The first-order valence-electron chi connectivity index (χ1n) is 8.98. The van der Waals surface area contributed by atoms with Gasteiger partial charge in [0, 0.05) is 32.7 Å². The lowest BCUT2D eigenvalue weighted by molar-refractivity contribution is -0.122. The summed E-state index contributed by atoms with van der Waals surface area (Å²) in [7, 11) is 0. The molecule has 0 aliphatic carbocycles. The summed E-state index contributed by atoms with van der Waals surface area (Å²) in [6, 6.07) is 8.24. The Hall–Kier alpha value is -1.92. The van der Waals surface area contributed by atoms with Crippen LogP contribution in [0.1, 0.15) is 37.8 Å². The quantitative estimate of drug-likeness (QED) is 0.746. The molecule has 0 saturated carbocycles. The fourth-order valence-corrected chi connectivity index (χ4v) is 3.04. The minimum absolute atomic E-state index is 0.0101. The van der Waals surface area contributed by atoms with Crippen LogP contribution >= 0.6 is 0 Å². The predicted octanol–water partition coefficient (Wildman–Crippen LogP) is 1.44. The molecule has 1 fully saturated rings. The molecule has 1 aliphatic heterocycles. The van der Waals surface area contributed by atoms with Crippen molar-refractivity contribution >= 4 is 11.8 Å². The smallest absolute Gasteiger partial charge is 0.234 e. The van der Waals surface area contributed by atoms with Crippen molar-refractivity contribution in [2.24, 2.45) is 0 Å². The van der Waals surface area contributed by atoms with Crippen LogP contribution in [0.5, 0.6) is 0 Å². The number of carbonyl (C=O) groups is 2. The highest BCUT2D eigenvalue weighted by Crippen LogP contribution is 2.10. The highest BCUT2D eigenvalue weighted by atomic mass is 16.5. The summed E-state index contributed by atoms with van der Waals surface area (Å²) in [5.41, 5.74) is 2.21. The maximum Gasteiger partial charge on any atom is 0.234 e. The fraction of sp³-hybridized carbons (Fsp3) is 0.579. The molecule has 2 amide bonds. The Morgan fingerprint density at radius 1 is 1.24 bits per heavy atom. The molecule has 6 heteroatoms. The summed E-state index contributed by atoms with van der Waals surface area (Å²) in [4.78, 5) is 25.4. The van der Waals surface area contributed by atoms with Gasteiger partial charge in [0.05, 0.1) is 13.2 Å². The maximum absolute atomic E-state index is 12.2. The van der Waals surface area contributed by atoms with Gasteiger partial charge in [-0.25, -0.2) is 0 Å². The van der Waals surface area contributed by atoms with Crippen LogP contribution in [0, 0.1) is 0 Å². The molecular weight excluding hydrogens is 318 g/mol. The van der Waals surface area contributed by atoms with Gasteiger partial charge in [0.2, 0.25) is 11.8 Å². The van der Waals surface area contributed by atoms with Gasteiger partial charge in [-0.1, -0.05) is 24.3 Å². The van der Waals surface area contributed by atoms with E-state index >= 15 is 0 Å². The van der Waals surface area contributed by atoms with Crippen LogP contribution in [0.15, 0.2) is 24.3 Å². The summed E-state index contributed by atoms with van der Waals surface area (Å²) in [6.07, 6.45) is 1.98. The fourth-order valence-electron chi connectivity index (χ4n) is 3.04. The zero-order chi connectivity index (χ0) is 18.1. The van der Waals surface area contributed by atoms with Crippen LogP contribution in [0.2, 0.25) is 0 Å². The maximum atomic E-state index is 12.2. The molecule has 1 saturated heterocycles. The summed E-state index contributed by atoms with van der Waals surface area (Å²) in [6.45, 7) is 7.37. The van der Waals surface area contributed by atoms with Crippen LogP contribution < -0.4 is 10.6 Å². The molecule has 2 N–H and O–H groups in total. The van der Waals surface area contributed by atoms with Crippen molar-refractivity contribution in [3.8, 4) is 0 Å². The number of nitrogens with zero attached hydrogens (tertiary/aromatic N) is 1. The molecule has 0 aromatic heterocycles. The third kappa shape index (κ3) is 7.23. The van der Waals surface area contributed by atoms with E-state index in [0.717, 1.165) is 37.1 Å². The van der Waals surface area contributed by atoms with Crippen molar-refractivity contribution in [1.29, 1.82) is 0 Å². The van der Waals surface area contributed by atoms with Gasteiger partial charge >= 0.3 is 0 Å². The molecule has 138 valence electrons. The van der Waals surface area contributed by atoms with Gasteiger partial charge < -0.3 is 15.4 Å². The first-order chi connectivity index (χ1) is 12.1. The molecule has 1 unspecified atom stereocenters. The molecule has 0 bridgehead atoms. The van der Waals surface area contributed by atoms with Gasteiger partial charge in [-0.3, -0.25) is 14.5 Å². The molecule has 1 heterocycles. The third-order valence-electron chi connectivity index (χ3n) is 4.27. The Kier molecular flexibility index (Phi) is 7.88. The zero-order valence-corrected chi connectivity index (χ0v) is 15.2. The molecule has 0 radical (unpaired) electrons. The zero-order valence-electron chi connectivity index (χ0n) is 15.2. The molecule has 2 rings (SSSR count). The summed E-state index contributed by atoms with van der Waals surface area (Å²) in [5.74, 6) is 0.00551. The molecule has 1 aromatic carbocycles. The van der Waals surface area contributed by atoms with E-state index in [1.54, 1.807) is 0 Å². The Bertz CT molecular complexity index is 560. The Labute approximate surface area is 149 Å². The minimum atomic E-state index is -0.0101. The second-order valence-corrected chi connectivity index (χ2v) is 6.51. The van der Waals surface area contributed by atoms with E-state index in [9.17, 15) is 9.59 Å². The highest BCUT2D eigenvalue weighted by molar-refractivity contribution is 5.78. The number of ether oxygens (including phenoxy) is 1. The average Bonchev–Trinajstić information content (AvgIpc) is 2.59. The largest absolute Gasteiger partial charge is 0.377 e. The van der Waals surface area contributed by atoms with Gasteiger partial charge in [-0.05, 0) is 37.4 Å². The average molecular weight is 347 g/mol. The Morgan fingerprint density at radius 3 is 2.64 bits per heavy atom. The van der Waals surface area contributed by atoms with Gasteiger partial charge in [0.1, 0.15) is 0 Å². The number of nitrogens with one attached hydrogen (secondary N) is 2. The van der Waals surface area contributed by atoms with Crippen molar-refractivity contribution in [1.82, 2.24) is 15.5 Å². The van der Waals surface area contributed by atoms with Gasteiger partial charge in [0.25, 0.3) is 0 Å². The van der Waals surface area contributed by atoms with E-state index in [-0.39, 0.29) is 17.9 Å². The highest BCUT2D eigenvalue weighted by Gasteiger charge is 2.21. The molecule has 0 spiro atoms. The second kappa shape index (κ2) is 10.2. The third-order valence-corrected chi connectivity index (χ3v) is 4.27. The van der Waals surface area contributed by atoms with E-state index in [1.807, 2.05) is 31.2 Å². The second-order valence-electron chi connectivity index (χ2n) is 6.51. The SMILES string of the molecule is CCOCc1ccc(CNC(=O)CN2CCCC(NC(C)=O)C2)cc1. The lowest BCUT2D eigenvalue weighted by atomic mass is 10.1. The minimum Gasteiger partial charge on any atom is -0.377 e. The van der Waals surface area contributed by atoms with E-state index in [4.69, 9.17) is 4.74 Å². The number of carbonyl (C=O) groups excluding carboxylic acids is 2. The van der Waals surface area contributed by atoms with E-state index in [1.165, 1.54) is 6.92 Å². The van der Waals surface area contributed by atoms with Crippen LogP contribution in [0.3, 0.4) is 0 Å². The van der Waals surface area contributed by atoms with Gasteiger partial charge in [-0.15, -0.1) is 0 Å². The Morgan fingerprint density at radius 2 is 1.96 bits per heavy atom. The molecule has 25 heavy (non-hydrogen) atoms. The summed E-state index contributed by atoms with van der Waals surface area (Å²) in [5, 5.41) is 5.91. The number of amides is 2. The van der Waals surface area contributed by atoms with Crippen molar-refractivity contribution in [2.75, 3.05) is 26.2 Å². The van der Waals surface area contributed by atoms with Gasteiger partial charge in [0.15, 0.2) is 0 Å². The van der Waals surface area contributed by atoms with Crippen LogP contribution in [-0.2, 0) is 27.5 Å². The normalized spacial score (nSPS) is 17.9. The van der Waals surface area contributed by atoms with Crippen LogP contribution in [0.25, 0.3) is 0 Å². The molecule has 1 aliphatic rings. The van der Waals surface area contributed by atoms with Crippen molar-refractivity contribution < 1.29 is 14.3 Å². The monoisotopic (exact) mass is 347 g/mol. The first-order valence-corrected chi connectivity index (χ1v) is 8.98. The number of benzene rings is 1. The van der Waals surface area contributed by atoms with Crippen molar-refractivity contribution in [3.63, 3.8) is 0 Å². The van der Waals surface area contributed by atoms with E-state index in [2.05, 4.69) is 15.5 Å². The van der Waals surface area contributed by atoms with E-state index < -0.39 is 0 Å². The van der Waals surface area contributed by atoms with Crippen molar-refractivity contribution in [3.05, 3.63) is 35.4 Å². The molecule has 1 aromatic rings. The number of piperidine rings is 1. The van der Waals surface area contributed by atoms with Crippen molar-refractivity contribution in [2.45, 2.75) is 45.9 Å². The van der Waals surface area contributed by atoms with Gasteiger partial charge in [-0.2, -0.15) is 0 Å². The lowest BCUT2D eigenvalue weighted by Crippen LogP contribution is -2.49. The van der Waals surface area contributed by atoms with Crippen LogP contribution in [-0.4, -0.2) is 49.0 Å². The van der Waals surface area contributed by atoms with E-state index in [0.29, 0.717) is 26.3 Å². The molecule has 6 nitrogen and oxygen atoms in total. The number of rotatable bonds is 8. The number of hydrogen-bond donors (Lipinski definition) is 2. The molecular formula is C19H29N3O3. The standard InChI is InChI=1S/C19H29N3O3/c1-3-25-14-17-8-6-16(7-9-17)11-20-19(24)13-22-10-4-5-18(12-22)21-15(2)23/h6-9,18H,3-5,10-14H2,1-2H3,(H,20,24)(H,21,23). The number of likely N-dealkylation sites (tertiary alicyclic amines) is 1. The lowest BCUT2D eigenvalue weighted by Gasteiger charge is -2.32.